The molecule has 4 aromatic carbocycles. The Bertz CT molecular complexity index is 1790. The number of hydrogen-bond acceptors (Lipinski definition) is 7. The van der Waals surface area contributed by atoms with Gasteiger partial charge in [0.2, 0.25) is 11.1 Å². The monoisotopic (exact) mass is 532 g/mol. The zero-order valence-electron chi connectivity index (χ0n) is 21.3. The first kappa shape index (κ1) is 24.6. The van der Waals surface area contributed by atoms with Crippen molar-refractivity contribution < 1.29 is 13.9 Å². The van der Waals surface area contributed by atoms with Gasteiger partial charge in [0.15, 0.2) is 0 Å². The van der Waals surface area contributed by atoms with Gasteiger partial charge < -0.3 is 14.5 Å². The van der Waals surface area contributed by atoms with Crippen molar-refractivity contribution in [1.29, 1.82) is 0 Å². The first-order valence-electron chi connectivity index (χ1n) is 12.4. The molecule has 0 saturated heterocycles. The maximum absolute atomic E-state index is 13.2. The van der Waals surface area contributed by atoms with Crippen LogP contribution in [0.4, 0.5) is 5.69 Å². The number of methoxy groups -OCH3 is 1. The van der Waals surface area contributed by atoms with Crippen LogP contribution >= 0.6 is 11.8 Å². The highest BCUT2D eigenvalue weighted by Crippen LogP contribution is 2.37. The Morgan fingerprint density at radius 2 is 1.49 bits per heavy atom. The van der Waals surface area contributed by atoms with E-state index in [1.54, 1.807) is 13.2 Å². The molecule has 39 heavy (non-hydrogen) atoms. The minimum Gasteiger partial charge on any atom is -0.495 e. The standard InChI is InChI=1S/C31H24N4O3S/c1-19(30(36)32-24-18-26-23(17-27(24)37-2)22-15-9-10-16-25(22)38-26)39-31-33-28(20-11-5-3-6-12-20)29(34-35-31)21-13-7-4-8-14-21/h3-19H,1-2H3,(H,32,36)/t19-/m0/s1. The second-order valence-corrected chi connectivity index (χ2v) is 10.2. The summed E-state index contributed by atoms with van der Waals surface area (Å²) >= 11 is 1.24. The molecule has 8 heteroatoms. The summed E-state index contributed by atoms with van der Waals surface area (Å²) in [6, 6.07) is 31.2. The summed E-state index contributed by atoms with van der Waals surface area (Å²) in [5.74, 6) is 0.335. The number of para-hydroxylation sites is 1. The van der Waals surface area contributed by atoms with Crippen molar-refractivity contribution in [3.05, 3.63) is 97.1 Å². The molecule has 0 aliphatic carbocycles. The molecule has 0 bridgehead atoms. The number of carbonyl (C=O) groups excluding carboxylic acids is 1. The lowest BCUT2D eigenvalue weighted by Crippen LogP contribution is -2.23. The van der Waals surface area contributed by atoms with Crippen molar-refractivity contribution in [2.24, 2.45) is 0 Å². The van der Waals surface area contributed by atoms with Crippen molar-refractivity contribution in [2.75, 3.05) is 12.4 Å². The Hall–Kier alpha value is -4.69. The van der Waals surface area contributed by atoms with E-state index >= 15 is 0 Å². The van der Waals surface area contributed by atoms with Crippen LogP contribution in [0, 0.1) is 0 Å². The quantitative estimate of drug-likeness (QED) is 0.217. The number of nitrogens with one attached hydrogen (secondary N) is 1. The van der Waals surface area contributed by atoms with Gasteiger partial charge in [-0.15, -0.1) is 10.2 Å². The average Bonchev–Trinajstić information content (AvgIpc) is 3.35. The summed E-state index contributed by atoms with van der Waals surface area (Å²) in [6.45, 7) is 1.81. The highest BCUT2D eigenvalue weighted by atomic mass is 32.2. The third-order valence-electron chi connectivity index (χ3n) is 6.37. The molecule has 0 saturated carbocycles. The first-order chi connectivity index (χ1) is 19.1. The molecule has 2 heterocycles. The number of fused-ring (bicyclic) bond motifs is 3. The SMILES string of the molecule is COc1cc2c(cc1NC(=O)[C@H](C)Sc1nnc(-c3ccccc3)c(-c3ccccc3)n1)oc1ccccc12. The van der Waals surface area contributed by atoms with E-state index in [0.717, 1.165) is 27.5 Å². The summed E-state index contributed by atoms with van der Waals surface area (Å²) in [5.41, 5.74) is 5.23. The summed E-state index contributed by atoms with van der Waals surface area (Å²) < 4.78 is 11.6. The van der Waals surface area contributed by atoms with Crippen LogP contribution in [0.15, 0.2) is 107 Å². The van der Waals surface area contributed by atoms with Crippen LogP contribution in [0.5, 0.6) is 5.75 Å². The van der Waals surface area contributed by atoms with Crippen LogP contribution in [-0.4, -0.2) is 33.4 Å². The predicted molar refractivity (Wildman–Crippen MR) is 155 cm³/mol. The molecule has 0 aliphatic rings. The summed E-state index contributed by atoms with van der Waals surface area (Å²) in [4.78, 5) is 18.1. The van der Waals surface area contributed by atoms with Crippen molar-refractivity contribution >= 4 is 45.3 Å². The first-order valence-corrected chi connectivity index (χ1v) is 13.3. The van der Waals surface area contributed by atoms with Gasteiger partial charge in [-0.25, -0.2) is 4.98 Å². The number of carbonyl (C=O) groups is 1. The van der Waals surface area contributed by atoms with Gasteiger partial charge in [0.25, 0.3) is 0 Å². The van der Waals surface area contributed by atoms with E-state index < -0.39 is 5.25 Å². The summed E-state index contributed by atoms with van der Waals surface area (Å²) in [6.07, 6.45) is 0. The molecule has 6 rings (SSSR count). The van der Waals surface area contributed by atoms with E-state index in [2.05, 4.69) is 15.5 Å². The Morgan fingerprint density at radius 1 is 0.821 bits per heavy atom. The molecular weight excluding hydrogens is 508 g/mol. The van der Waals surface area contributed by atoms with Crippen molar-refractivity contribution in [2.45, 2.75) is 17.3 Å². The second-order valence-electron chi connectivity index (χ2n) is 8.92. The van der Waals surface area contributed by atoms with Crippen molar-refractivity contribution in [3.8, 4) is 28.3 Å². The van der Waals surface area contributed by atoms with Crippen LogP contribution in [0.25, 0.3) is 44.5 Å². The maximum Gasteiger partial charge on any atom is 0.237 e. The Morgan fingerprint density at radius 3 is 2.21 bits per heavy atom. The van der Waals surface area contributed by atoms with Crippen molar-refractivity contribution in [1.82, 2.24) is 15.2 Å². The molecule has 0 fully saturated rings. The number of benzene rings is 4. The number of anilines is 1. The number of rotatable bonds is 7. The van der Waals surface area contributed by atoms with E-state index in [4.69, 9.17) is 14.1 Å². The third-order valence-corrected chi connectivity index (χ3v) is 7.32. The van der Waals surface area contributed by atoms with Gasteiger partial charge in [0.05, 0.1) is 18.0 Å². The second kappa shape index (κ2) is 10.6. The van der Waals surface area contributed by atoms with Gasteiger partial charge >= 0.3 is 0 Å². The molecule has 1 N–H and O–H groups in total. The molecule has 2 aromatic heterocycles. The lowest BCUT2D eigenvalue weighted by atomic mass is 10.0. The number of amides is 1. The molecule has 1 atom stereocenters. The van der Waals surface area contributed by atoms with Gasteiger partial charge in [0, 0.05) is 28.0 Å². The van der Waals surface area contributed by atoms with E-state index in [1.165, 1.54) is 11.8 Å². The fourth-order valence-electron chi connectivity index (χ4n) is 4.41. The number of nitrogens with zero attached hydrogens (tertiary/aromatic N) is 3. The van der Waals surface area contributed by atoms with Crippen LogP contribution in [-0.2, 0) is 4.79 Å². The van der Waals surface area contributed by atoms with Crippen molar-refractivity contribution in [3.63, 3.8) is 0 Å². The smallest absolute Gasteiger partial charge is 0.237 e. The average molecular weight is 533 g/mol. The molecule has 1 amide bonds. The molecule has 6 aromatic rings. The molecule has 0 aliphatic heterocycles. The number of hydrogen-bond donors (Lipinski definition) is 1. The number of aromatic nitrogens is 3. The van der Waals surface area contributed by atoms with Gasteiger partial charge in [0.1, 0.15) is 28.3 Å². The molecule has 0 radical (unpaired) electrons. The molecule has 0 unspecified atom stereocenters. The van der Waals surface area contributed by atoms with Gasteiger partial charge in [-0.2, -0.15) is 0 Å². The Labute approximate surface area is 229 Å². The van der Waals surface area contributed by atoms with Crippen LogP contribution < -0.4 is 10.1 Å². The minimum atomic E-state index is -0.505. The van der Waals surface area contributed by atoms with E-state index in [0.29, 0.717) is 33.6 Å². The van der Waals surface area contributed by atoms with E-state index in [1.807, 2.05) is 97.9 Å². The summed E-state index contributed by atoms with van der Waals surface area (Å²) in [7, 11) is 1.58. The fourth-order valence-corrected chi connectivity index (χ4v) is 5.13. The molecule has 7 nitrogen and oxygen atoms in total. The Kier molecular flexibility index (Phi) is 6.69. The highest BCUT2D eigenvalue weighted by molar-refractivity contribution is 8.00. The molecule has 0 spiro atoms. The molecule has 192 valence electrons. The van der Waals surface area contributed by atoms with E-state index in [9.17, 15) is 4.79 Å². The lowest BCUT2D eigenvalue weighted by molar-refractivity contribution is -0.115. The minimum absolute atomic E-state index is 0.217. The number of thioether (sulfide) groups is 1. The number of furan rings is 1. The zero-order valence-corrected chi connectivity index (χ0v) is 22.1. The van der Waals surface area contributed by atoms with Gasteiger partial charge in [-0.3, -0.25) is 4.79 Å². The van der Waals surface area contributed by atoms with Crippen LogP contribution in [0.3, 0.4) is 0 Å². The van der Waals surface area contributed by atoms with Gasteiger partial charge in [-0.05, 0) is 19.1 Å². The maximum atomic E-state index is 13.2. The summed E-state index contributed by atoms with van der Waals surface area (Å²) in [5, 5.41) is 13.7. The topological polar surface area (TPSA) is 90.1 Å². The normalized spacial score (nSPS) is 11.9. The van der Waals surface area contributed by atoms with E-state index in [-0.39, 0.29) is 5.91 Å². The van der Waals surface area contributed by atoms with Gasteiger partial charge in [-0.1, -0.05) is 90.6 Å². The van der Waals surface area contributed by atoms with Crippen LogP contribution in [0.1, 0.15) is 6.92 Å². The van der Waals surface area contributed by atoms with Crippen LogP contribution in [0.2, 0.25) is 0 Å². The highest BCUT2D eigenvalue weighted by Gasteiger charge is 2.21. The fraction of sp³-hybridized carbons (Fsp3) is 0.0968. The third kappa shape index (κ3) is 4.94. The Balaban J connectivity index is 1.27. The molecular formula is C31H24N4O3S. The zero-order chi connectivity index (χ0) is 26.8. The lowest BCUT2D eigenvalue weighted by Gasteiger charge is -2.14. The predicted octanol–water partition coefficient (Wildman–Crippen LogP) is 7.23. The number of ether oxygens (including phenoxy) is 1. The largest absolute Gasteiger partial charge is 0.495 e.